The van der Waals surface area contributed by atoms with Crippen molar-refractivity contribution in [2.75, 3.05) is 6.61 Å². The van der Waals surface area contributed by atoms with Crippen LogP contribution in [-0.2, 0) is 19.3 Å². The number of esters is 1. The Labute approximate surface area is 96.6 Å². The third-order valence-electron chi connectivity index (χ3n) is 2.08. The fraction of sp³-hybridized carbons (Fsp3) is 0.909. The van der Waals surface area contributed by atoms with Crippen LogP contribution in [0, 0.1) is 0 Å². The van der Waals surface area contributed by atoms with Gasteiger partial charge in [0.1, 0.15) is 6.42 Å². The number of hydrogen-bond donors (Lipinski definition) is 1. The first kappa shape index (κ1) is 15.3. The van der Waals surface area contributed by atoms with Crippen LogP contribution in [0.25, 0.3) is 0 Å². The summed E-state index contributed by atoms with van der Waals surface area (Å²) in [5, 5.41) is 9.72. The topological polar surface area (TPSA) is 65.0 Å². The lowest BCUT2D eigenvalue weighted by atomic mass is 10.1. The molecular weight excluding hydrogens is 212 g/mol. The minimum atomic E-state index is -1.67. The highest BCUT2D eigenvalue weighted by Crippen LogP contribution is 2.20. The van der Waals surface area contributed by atoms with Crippen molar-refractivity contribution in [1.29, 1.82) is 0 Å². The Balaban J connectivity index is 4.09. The molecule has 0 aromatic rings. The minimum Gasteiger partial charge on any atom is -0.466 e. The average Bonchev–Trinajstić information content (AvgIpc) is 2.15. The van der Waals surface area contributed by atoms with E-state index in [1.54, 1.807) is 6.92 Å². The summed E-state index contributed by atoms with van der Waals surface area (Å²) in [6.45, 7) is 8.92. The van der Waals surface area contributed by atoms with Crippen molar-refractivity contribution in [2.24, 2.45) is 0 Å². The molecule has 0 radical (unpaired) electrons. The summed E-state index contributed by atoms with van der Waals surface area (Å²) in [5.41, 5.74) is -0.501. The highest BCUT2D eigenvalue weighted by atomic mass is 17.2. The molecule has 0 aliphatic rings. The first-order valence-electron chi connectivity index (χ1n) is 5.47. The largest absolute Gasteiger partial charge is 0.466 e. The molecule has 0 fully saturated rings. The van der Waals surface area contributed by atoms with E-state index in [-0.39, 0.29) is 13.0 Å². The first-order chi connectivity index (χ1) is 7.22. The van der Waals surface area contributed by atoms with Crippen molar-refractivity contribution >= 4 is 5.97 Å². The summed E-state index contributed by atoms with van der Waals surface area (Å²) in [6.07, 6.45) is 0.461. The van der Waals surface area contributed by atoms with Gasteiger partial charge in [-0.05, 0) is 34.1 Å². The van der Waals surface area contributed by atoms with Crippen molar-refractivity contribution < 1.29 is 24.4 Å². The average molecular weight is 234 g/mol. The number of ether oxygens (including phenoxy) is 1. The van der Waals surface area contributed by atoms with E-state index in [1.807, 2.05) is 20.8 Å². The third-order valence-corrected chi connectivity index (χ3v) is 2.08. The molecule has 96 valence electrons. The van der Waals surface area contributed by atoms with Gasteiger partial charge in [-0.1, -0.05) is 6.92 Å². The van der Waals surface area contributed by atoms with Gasteiger partial charge < -0.3 is 9.84 Å². The molecule has 1 unspecified atom stereocenters. The van der Waals surface area contributed by atoms with Gasteiger partial charge >= 0.3 is 5.97 Å². The van der Waals surface area contributed by atoms with Crippen LogP contribution in [0.1, 0.15) is 47.5 Å². The van der Waals surface area contributed by atoms with Crippen molar-refractivity contribution in [3.63, 3.8) is 0 Å². The molecule has 0 bridgehead atoms. The van der Waals surface area contributed by atoms with Gasteiger partial charge in [0.15, 0.2) is 0 Å². The van der Waals surface area contributed by atoms with Gasteiger partial charge in [0.25, 0.3) is 0 Å². The Morgan fingerprint density at radius 1 is 1.19 bits per heavy atom. The molecule has 5 nitrogen and oxygen atoms in total. The van der Waals surface area contributed by atoms with Gasteiger partial charge in [-0.25, -0.2) is 9.78 Å². The summed E-state index contributed by atoms with van der Waals surface area (Å²) in [7, 11) is 0. The van der Waals surface area contributed by atoms with Gasteiger partial charge in [-0.2, -0.15) is 0 Å². The van der Waals surface area contributed by atoms with Gasteiger partial charge in [0, 0.05) is 0 Å². The van der Waals surface area contributed by atoms with Crippen LogP contribution in [-0.4, -0.2) is 29.1 Å². The van der Waals surface area contributed by atoms with Gasteiger partial charge in [-0.3, -0.25) is 4.79 Å². The molecule has 0 amide bonds. The summed E-state index contributed by atoms with van der Waals surface area (Å²) in [5.74, 6) is -2.19. The third kappa shape index (κ3) is 6.76. The Bertz CT molecular complexity index is 222. The van der Waals surface area contributed by atoms with E-state index < -0.39 is 17.4 Å². The van der Waals surface area contributed by atoms with E-state index in [9.17, 15) is 9.90 Å². The van der Waals surface area contributed by atoms with Crippen LogP contribution in [0.5, 0.6) is 0 Å². The molecule has 0 saturated carbocycles. The van der Waals surface area contributed by atoms with Crippen LogP contribution in [0.4, 0.5) is 0 Å². The van der Waals surface area contributed by atoms with Crippen LogP contribution in [0.3, 0.4) is 0 Å². The van der Waals surface area contributed by atoms with Crippen LogP contribution in [0.2, 0.25) is 0 Å². The highest BCUT2D eigenvalue weighted by Gasteiger charge is 2.30. The molecule has 0 spiro atoms. The summed E-state index contributed by atoms with van der Waals surface area (Å²) in [6, 6.07) is 0. The molecule has 0 aromatic heterocycles. The monoisotopic (exact) mass is 234 g/mol. The Kier molecular flexibility index (Phi) is 5.92. The Morgan fingerprint density at radius 3 is 2.19 bits per heavy atom. The number of hydrogen-bond acceptors (Lipinski definition) is 5. The maximum atomic E-state index is 11.1. The first-order valence-corrected chi connectivity index (χ1v) is 5.47. The lowest BCUT2D eigenvalue weighted by molar-refractivity contribution is -0.449. The van der Waals surface area contributed by atoms with Gasteiger partial charge in [-0.15, -0.1) is 0 Å². The lowest BCUT2D eigenvalue weighted by Crippen LogP contribution is -2.36. The van der Waals surface area contributed by atoms with E-state index >= 15 is 0 Å². The number of carbonyl (C=O) groups excluding carboxylic acids is 1. The van der Waals surface area contributed by atoms with Crippen molar-refractivity contribution in [3.05, 3.63) is 0 Å². The van der Waals surface area contributed by atoms with Gasteiger partial charge in [0.05, 0.1) is 12.2 Å². The maximum Gasteiger partial charge on any atom is 0.311 e. The molecule has 0 aliphatic heterocycles. The summed E-state index contributed by atoms with van der Waals surface area (Å²) >= 11 is 0. The van der Waals surface area contributed by atoms with E-state index in [0.29, 0.717) is 0 Å². The quantitative estimate of drug-likeness (QED) is 0.315. The second kappa shape index (κ2) is 6.18. The predicted molar refractivity (Wildman–Crippen MR) is 58.4 cm³/mol. The zero-order chi connectivity index (χ0) is 12.8. The molecule has 5 heteroatoms. The molecule has 0 aromatic carbocycles. The van der Waals surface area contributed by atoms with Gasteiger partial charge in [0.2, 0.25) is 5.79 Å². The molecule has 1 atom stereocenters. The number of carbonyl (C=O) groups is 1. The van der Waals surface area contributed by atoms with Crippen LogP contribution in [0.15, 0.2) is 0 Å². The molecule has 0 saturated heterocycles. The zero-order valence-electron chi connectivity index (χ0n) is 10.7. The Hall–Kier alpha value is -0.650. The SMILES string of the molecule is CCOC(=O)CC(C)(O)OOC(C)(C)CC. The van der Waals surface area contributed by atoms with E-state index in [1.165, 1.54) is 6.92 Å². The fourth-order valence-electron chi connectivity index (χ4n) is 0.771. The predicted octanol–water partition coefficient (Wildman–Crippen LogP) is 1.78. The smallest absolute Gasteiger partial charge is 0.311 e. The molecule has 0 rings (SSSR count). The normalized spacial score (nSPS) is 15.6. The number of aliphatic hydroxyl groups is 1. The molecule has 0 heterocycles. The standard InChI is InChI=1S/C11H22O5/c1-6-10(3,4)15-16-11(5,13)8-9(12)14-7-2/h13H,6-8H2,1-5H3. The summed E-state index contributed by atoms with van der Waals surface area (Å²) < 4.78 is 4.70. The second-order valence-corrected chi connectivity index (χ2v) is 4.44. The molecule has 16 heavy (non-hydrogen) atoms. The second-order valence-electron chi connectivity index (χ2n) is 4.44. The molecular formula is C11H22O5. The number of rotatable bonds is 7. The lowest BCUT2D eigenvalue weighted by Gasteiger charge is -2.28. The highest BCUT2D eigenvalue weighted by molar-refractivity contribution is 5.70. The van der Waals surface area contributed by atoms with Crippen molar-refractivity contribution in [1.82, 2.24) is 0 Å². The van der Waals surface area contributed by atoms with E-state index in [2.05, 4.69) is 0 Å². The van der Waals surface area contributed by atoms with Crippen LogP contribution < -0.4 is 0 Å². The summed E-state index contributed by atoms with van der Waals surface area (Å²) in [4.78, 5) is 21.1. The Morgan fingerprint density at radius 2 is 1.75 bits per heavy atom. The molecule has 1 N–H and O–H groups in total. The van der Waals surface area contributed by atoms with Crippen molar-refractivity contribution in [3.8, 4) is 0 Å². The van der Waals surface area contributed by atoms with Crippen molar-refractivity contribution in [2.45, 2.75) is 58.8 Å². The van der Waals surface area contributed by atoms with E-state index in [0.717, 1.165) is 6.42 Å². The zero-order valence-corrected chi connectivity index (χ0v) is 10.7. The maximum absolute atomic E-state index is 11.1. The fourth-order valence-corrected chi connectivity index (χ4v) is 0.771. The van der Waals surface area contributed by atoms with Crippen LogP contribution >= 0.6 is 0 Å². The van der Waals surface area contributed by atoms with E-state index in [4.69, 9.17) is 14.5 Å². The molecule has 0 aliphatic carbocycles. The minimum absolute atomic E-state index is 0.263.